The van der Waals surface area contributed by atoms with E-state index in [2.05, 4.69) is 21.7 Å². The summed E-state index contributed by atoms with van der Waals surface area (Å²) in [6.07, 6.45) is 3.42. The van der Waals surface area contributed by atoms with Crippen molar-refractivity contribution in [2.45, 2.75) is 53.5 Å². The Morgan fingerprint density at radius 3 is 2.29 bits per heavy atom. The normalized spacial score (nSPS) is 11.0. The van der Waals surface area contributed by atoms with Crippen molar-refractivity contribution in [1.82, 2.24) is 15.6 Å². The van der Waals surface area contributed by atoms with E-state index in [0.29, 0.717) is 34.2 Å². The number of nitriles is 1. The minimum absolute atomic E-state index is 0.0611. The van der Waals surface area contributed by atoms with E-state index >= 15 is 0 Å². The highest BCUT2D eigenvalue weighted by molar-refractivity contribution is 6.32. The number of carbonyl (C=O) groups is 1. The van der Waals surface area contributed by atoms with Crippen molar-refractivity contribution in [3.05, 3.63) is 134 Å². The number of nitro groups is 1. The van der Waals surface area contributed by atoms with Gasteiger partial charge in [-0.2, -0.15) is 14.9 Å². The summed E-state index contributed by atoms with van der Waals surface area (Å²) in [4.78, 5) is 43.0. The zero-order valence-corrected chi connectivity index (χ0v) is 33.1. The first-order valence-electron chi connectivity index (χ1n) is 18.1. The maximum Gasteiger partial charge on any atom is 0.373 e. The van der Waals surface area contributed by atoms with E-state index in [1.807, 2.05) is 63.2 Å². The van der Waals surface area contributed by atoms with Crippen LogP contribution in [0.4, 0.5) is 5.69 Å². The minimum atomic E-state index is -0.995. The third-order valence-corrected chi connectivity index (χ3v) is 9.39. The van der Waals surface area contributed by atoms with Gasteiger partial charge in [-0.1, -0.05) is 61.0 Å². The van der Waals surface area contributed by atoms with Crippen molar-refractivity contribution >= 4 is 29.4 Å². The molecule has 0 unspecified atom stereocenters. The number of carboxylic acid groups (broad SMARTS) is 1. The minimum Gasteiger partial charge on any atom is -0.488 e. The molecule has 15 heteroatoms. The predicted octanol–water partition coefficient (Wildman–Crippen LogP) is 7.59. The largest absolute Gasteiger partial charge is 0.488 e. The summed E-state index contributed by atoms with van der Waals surface area (Å²) < 4.78 is 18.2. The smallest absolute Gasteiger partial charge is 0.373 e. The first-order chi connectivity index (χ1) is 27.9. The van der Waals surface area contributed by atoms with Crippen molar-refractivity contribution in [3.63, 3.8) is 0 Å². The SMILES string of the molecule is CCNCc1cc(Cl)c(OCc2cccc(-c3cccc(-c4ccc(OCCN[C@@H](C)C(=O)O)c([N+](=O)[O-])c4)c3C)c2C)cc1OCc1cncc(C#N)c1.O=C=O. The highest BCUT2D eigenvalue weighted by Crippen LogP contribution is 2.39. The van der Waals surface area contributed by atoms with Gasteiger partial charge in [0.15, 0.2) is 5.75 Å². The number of carboxylic acids is 1. The van der Waals surface area contributed by atoms with Crippen molar-refractivity contribution in [2.75, 3.05) is 19.7 Å². The lowest BCUT2D eigenvalue weighted by atomic mass is 9.89. The number of carbonyl (C=O) groups excluding carboxylic acids is 2. The van der Waals surface area contributed by atoms with Crippen LogP contribution in [0.5, 0.6) is 17.2 Å². The van der Waals surface area contributed by atoms with Crippen molar-refractivity contribution in [1.29, 1.82) is 5.26 Å². The summed E-state index contributed by atoms with van der Waals surface area (Å²) in [5.41, 5.74) is 8.23. The molecule has 1 aromatic heterocycles. The van der Waals surface area contributed by atoms with E-state index in [1.54, 1.807) is 30.5 Å². The Morgan fingerprint density at radius 1 is 0.914 bits per heavy atom. The van der Waals surface area contributed by atoms with Crippen LogP contribution in [0.3, 0.4) is 0 Å². The van der Waals surface area contributed by atoms with Crippen molar-refractivity contribution in [3.8, 4) is 45.6 Å². The van der Waals surface area contributed by atoms with Gasteiger partial charge >= 0.3 is 17.8 Å². The summed E-state index contributed by atoms with van der Waals surface area (Å²) in [5, 5.41) is 36.9. The van der Waals surface area contributed by atoms with Crippen LogP contribution in [0, 0.1) is 35.3 Å². The maximum atomic E-state index is 12.1. The molecule has 0 aliphatic carbocycles. The van der Waals surface area contributed by atoms with E-state index in [0.717, 1.165) is 51.1 Å². The van der Waals surface area contributed by atoms with Crippen molar-refractivity contribution < 1.29 is 38.6 Å². The second-order valence-electron chi connectivity index (χ2n) is 12.9. The molecule has 0 saturated carbocycles. The topological polar surface area (TPSA) is 203 Å². The molecule has 0 fully saturated rings. The Bertz CT molecular complexity index is 2320. The molecule has 0 spiro atoms. The molecule has 58 heavy (non-hydrogen) atoms. The molecule has 5 rings (SSSR count). The third kappa shape index (κ3) is 11.7. The molecule has 0 aliphatic rings. The van der Waals surface area contributed by atoms with E-state index < -0.39 is 16.9 Å². The number of aromatic nitrogens is 1. The van der Waals surface area contributed by atoms with Gasteiger partial charge in [0.2, 0.25) is 0 Å². The van der Waals surface area contributed by atoms with E-state index in [9.17, 15) is 20.2 Å². The van der Waals surface area contributed by atoms with Crippen LogP contribution in [-0.4, -0.2) is 52.9 Å². The van der Waals surface area contributed by atoms with Gasteiger partial charge in [0.25, 0.3) is 0 Å². The number of nitrogens with zero attached hydrogens (tertiary/aromatic N) is 3. The van der Waals surface area contributed by atoms with Crippen LogP contribution in [0.15, 0.2) is 85.2 Å². The highest BCUT2D eigenvalue weighted by atomic mass is 35.5. The van der Waals surface area contributed by atoms with Gasteiger partial charge in [0.05, 0.1) is 15.5 Å². The average molecular weight is 808 g/mol. The van der Waals surface area contributed by atoms with Gasteiger partial charge in [-0.05, 0) is 84.5 Å². The molecule has 1 heterocycles. The number of nitro benzene ring substituents is 1. The molecule has 0 saturated heterocycles. The summed E-state index contributed by atoms with van der Waals surface area (Å²) in [6, 6.07) is 23.4. The number of benzene rings is 4. The third-order valence-electron chi connectivity index (χ3n) is 9.10. The van der Waals surface area contributed by atoms with Crippen LogP contribution in [0.25, 0.3) is 22.3 Å². The molecule has 4 aromatic carbocycles. The average Bonchev–Trinajstić information content (AvgIpc) is 3.21. The van der Waals surface area contributed by atoms with Gasteiger partial charge < -0.3 is 30.0 Å². The zero-order valence-electron chi connectivity index (χ0n) is 32.3. The fourth-order valence-corrected chi connectivity index (χ4v) is 6.25. The van der Waals surface area contributed by atoms with E-state index in [4.69, 9.17) is 40.5 Å². The van der Waals surface area contributed by atoms with Crippen molar-refractivity contribution in [2.24, 2.45) is 0 Å². The van der Waals surface area contributed by atoms with Gasteiger partial charge in [-0.3, -0.25) is 19.9 Å². The molecule has 0 radical (unpaired) electrons. The Morgan fingerprint density at radius 2 is 1.60 bits per heavy atom. The Kier molecular flexibility index (Phi) is 16.4. The number of hydrogen-bond acceptors (Lipinski definition) is 12. The molecule has 300 valence electrons. The van der Waals surface area contributed by atoms with E-state index in [1.165, 1.54) is 19.2 Å². The summed E-state index contributed by atoms with van der Waals surface area (Å²) in [6.45, 7) is 9.56. The molecule has 0 amide bonds. The van der Waals surface area contributed by atoms with Crippen LogP contribution in [0.2, 0.25) is 5.02 Å². The van der Waals surface area contributed by atoms with Gasteiger partial charge in [0.1, 0.15) is 43.4 Å². The standard InChI is InChI=1S/C42H42ClN5O7.CO2/c1-5-45-23-33-17-37(43)41(19-40(33)54-24-30-16-29(20-44)21-46-22-30)55-25-32-8-6-10-35(26(32)2)36-11-7-9-34(27(36)3)31-12-13-39(38(18-31)48(51)52)53-15-14-47-28(4)42(49)50;2-1-3/h6-13,16-19,21-22,28,45,47H,5,14-15,23-25H2,1-4H3,(H,49,50);/t28-;/m0./s1. The second-order valence-corrected chi connectivity index (χ2v) is 13.3. The maximum absolute atomic E-state index is 12.1. The number of halogens is 1. The monoisotopic (exact) mass is 807 g/mol. The van der Waals surface area contributed by atoms with Gasteiger partial charge in [-0.25, -0.2) is 0 Å². The van der Waals surface area contributed by atoms with Crippen LogP contribution >= 0.6 is 11.6 Å². The number of hydrogen-bond donors (Lipinski definition) is 3. The summed E-state index contributed by atoms with van der Waals surface area (Å²) in [7, 11) is 0. The lowest BCUT2D eigenvalue weighted by Crippen LogP contribution is -2.36. The van der Waals surface area contributed by atoms with Gasteiger partial charge in [0, 0.05) is 48.7 Å². The zero-order chi connectivity index (χ0) is 42.2. The summed E-state index contributed by atoms with van der Waals surface area (Å²) in [5.74, 6) is 0.169. The first kappa shape index (κ1) is 44.1. The predicted molar refractivity (Wildman–Crippen MR) is 215 cm³/mol. The van der Waals surface area contributed by atoms with Crippen LogP contribution in [-0.2, 0) is 34.1 Å². The number of pyridine rings is 1. The highest BCUT2D eigenvalue weighted by Gasteiger charge is 2.20. The lowest BCUT2D eigenvalue weighted by Gasteiger charge is -2.18. The Labute approximate surface area is 340 Å². The van der Waals surface area contributed by atoms with Gasteiger partial charge in [-0.15, -0.1) is 0 Å². The lowest BCUT2D eigenvalue weighted by molar-refractivity contribution is -0.385. The quantitative estimate of drug-likeness (QED) is 0.0444. The molecular weight excluding hydrogens is 766 g/mol. The number of nitrogens with one attached hydrogen (secondary N) is 2. The van der Waals surface area contributed by atoms with Crippen LogP contribution in [0.1, 0.15) is 47.2 Å². The second kappa shape index (κ2) is 21.6. The Balaban J connectivity index is 0.00000240. The number of ether oxygens (including phenoxy) is 3. The molecule has 5 aromatic rings. The fraction of sp³-hybridized carbons (Fsp3) is 0.256. The molecule has 1 atom stereocenters. The molecular formula is C43H42ClN5O9. The molecule has 3 N–H and O–H groups in total. The van der Waals surface area contributed by atoms with Crippen LogP contribution < -0.4 is 24.8 Å². The van der Waals surface area contributed by atoms with E-state index in [-0.39, 0.29) is 44.0 Å². The number of aliphatic carboxylic acids is 1. The molecule has 0 aliphatic heterocycles. The fourth-order valence-electron chi connectivity index (χ4n) is 6.01. The number of rotatable bonds is 18. The molecule has 0 bridgehead atoms. The molecule has 14 nitrogen and oxygen atoms in total. The Hall–Kier alpha value is -6.62. The summed E-state index contributed by atoms with van der Waals surface area (Å²) >= 11 is 6.73. The first-order valence-corrected chi connectivity index (χ1v) is 18.5.